The molecule has 0 aliphatic heterocycles. The molecule has 0 saturated carbocycles. The van der Waals surface area contributed by atoms with E-state index in [4.69, 9.17) is 10.5 Å². The molecule has 4 amide bonds. The molecule has 0 radical (unpaired) electrons. The average Bonchev–Trinajstić information content (AvgIpc) is 2.76. The molecule has 2 unspecified atom stereocenters. The third kappa shape index (κ3) is 8.06. The first-order chi connectivity index (χ1) is 17.1. The van der Waals surface area contributed by atoms with Gasteiger partial charge in [0.1, 0.15) is 17.7 Å². The first-order valence-corrected chi connectivity index (χ1v) is 12.1. The lowest BCUT2D eigenvalue weighted by atomic mass is 9.98. The van der Waals surface area contributed by atoms with Crippen LogP contribution in [0, 0.1) is 27.7 Å². The first-order valence-electron chi connectivity index (χ1n) is 12.1. The van der Waals surface area contributed by atoms with Crippen LogP contribution >= 0.6 is 0 Å². The number of ether oxygens (including phenoxy) is 1. The van der Waals surface area contributed by atoms with Crippen LogP contribution in [0.4, 0.5) is 10.5 Å². The Hall–Kier alpha value is -3.88. The largest absolute Gasteiger partial charge is 0.444 e. The maximum Gasteiger partial charge on any atom is 0.408 e. The summed E-state index contributed by atoms with van der Waals surface area (Å²) in [6.07, 6.45) is -1.33. The van der Waals surface area contributed by atoms with Crippen LogP contribution in [0.2, 0.25) is 0 Å². The van der Waals surface area contributed by atoms with E-state index in [0.717, 1.165) is 22.3 Å². The number of primary amides is 1. The summed E-state index contributed by atoms with van der Waals surface area (Å²) in [6.45, 7) is 12.7. The molecule has 0 saturated heterocycles. The normalized spacial score (nSPS) is 12.8. The van der Waals surface area contributed by atoms with Crippen LogP contribution in [-0.2, 0) is 19.1 Å². The van der Waals surface area contributed by atoms with Gasteiger partial charge in [0.15, 0.2) is 0 Å². The van der Waals surface area contributed by atoms with Gasteiger partial charge in [-0.25, -0.2) is 4.79 Å². The van der Waals surface area contributed by atoms with Gasteiger partial charge in [-0.2, -0.15) is 0 Å². The Morgan fingerprint density at radius 2 is 1.54 bits per heavy atom. The Morgan fingerprint density at radius 1 is 0.946 bits per heavy atom. The van der Waals surface area contributed by atoms with Crippen LogP contribution in [0.1, 0.15) is 61.1 Å². The van der Waals surface area contributed by atoms with E-state index in [2.05, 4.69) is 10.6 Å². The lowest BCUT2D eigenvalue weighted by Gasteiger charge is -2.32. The first kappa shape index (κ1) is 29.4. The molecule has 0 aliphatic rings. The highest BCUT2D eigenvalue weighted by molar-refractivity contribution is 6.00. The standard InChI is InChI=1S/C28H38N4O5/c1-16-12-13-20(14-19(16)4)24(25(34)31-23-17(2)10-9-11-18(23)3)32(8)26(35)21(15-22(29)33)30-27(36)37-28(5,6)7/h9-14,21,24H,15H2,1-8H3,(H2,29,33)(H,30,36)(H,31,34). The van der Waals surface area contributed by atoms with Crippen molar-refractivity contribution in [3.63, 3.8) is 0 Å². The van der Waals surface area contributed by atoms with Crippen LogP contribution in [0.3, 0.4) is 0 Å². The second kappa shape index (κ2) is 11.9. The van der Waals surface area contributed by atoms with Gasteiger partial charge in [-0.05, 0) is 76.3 Å². The number of rotatable bonds is 8. The lowest BCUT2D eigenvalue weighted by molar-refractivity contribution is -0.140. The van der Waals surface area contributed by atoms with E-state index in [9.17, 15) is 19.2 Å². The Labute approximate surface area is 218 Å². The molecule has 0 aromatic heterocycles. The van der Waals surface area contributed by atoms with E-state index < -0.39 is 47.9 Å². The summed E-state index contributed by atoms with van der Waals surface area (Å²) in [6, 6.07) is 8.80. The number of para-hydroxylation sites is 1. The van der Waals surface area contributed by atoms with Crippen LogP contribution in [0.5, 0.6) is 0 Å². The van der Waals surface area contributed by atoms with Gasteiger partial charge in [-0.3, -0.25) is 14.4 Å². The molecule has 37 heavy (non-hydrogen) atoms. The van der Waals surface area contributed by atoms with Crippen LogP contribution < -0.4 is 16.4 Å². The molecule has 2 aromatic rings. The van der Waals surface area contributed by atoms with Gasteiger partial charge in [0, 0.05) is 12.7 Å². The van der Waals surface area contributed by atoms with E-state index in [0.29, 0.717) is 11.3 Å². The van der Waals surface area contributed by atoms with Crippen molar-refractivity contribution < 1.29 is 23.9 Å². The van der Waals surface area contributed by atoms with Crippen molar-refractivity contribution in [3.8, 4) is 0 Å². The number of anilines is 1. The highest BCUT2D eigenvalue weighted by Crippen LogP contribution is 2.27. The third-order valence-electron chi connectivity index (χ3n) is 5.95. The molecule has 0 spiro atoms. The summed E-state index contributed by atoms with van der Waals surface area (Å²) in [5.74, 6) is -1.89. The van der Waals surface area contributed by atoms with E-state index in [1.54, 1.807) is 26.8 Å². The third-order valence-corrected chi connectivity index (χ3v) is 5.95. The Bertz CT molecular complexity index is 1170. The summed E-state index contributed by atoms with van der Waals surface area (Å²) in [5, 5.41) is 5.40. The summed E-state index contributed by atoms with van der Waals surface area (Å²) < 4.78 is 5.25. The number of likely N-dealkylation sites (N-methyl/N-ethyl adjacent to an activating group) is 1. The minimum absolute atomic E-state index is 0.438. The number of aryl methyl sites for hydroxylation is 4. The number of amides is 4. The molecule has 0 bridgehead atoms. The van der Waals surface area contributed by atoms with E-state index >= 15 is 0 Å². The predicted octanol–water partition coefficient (Wildman–Crippen LogP) is 3.83. The number of carbonyl (C=O) groups is 4. The molecule has 4 N–H and O–H groups in total. The van der Waals surface area contributed by atoms with E-state index in [1.165, 1.54) is 11.9 Å². The molecule has 200 valence electrons. The van der Waals surface area contributed by atoms with Gasteiger partial charge < -0.3 is 26.0 Å². The van der Waals surface area contributed by atoms with Crippen molar-refractivity contribution in [2.75, 3.05) is 12.4 Å². The fourth-order valence-corrected chi connectivity index (χ4v) is 3.91. The van der Waals surface area contributed by atoms with Crippen LogP contribution in [0.15, 0.2) is 36.4 Å². The smallest absolute Gasteiger partial charge is 0.408 e. The van der Waals surface area contributed by atoms with E-state index in [1.807, 2.05) is 58.0 Å². The SMILES string of the molecule is Cc1ccc(C(C(=O)Nc2c(C)cccc2C)N(C)C(=O)C(CC(N)=O)NC(=O)OC(C)(C)C)cc1C. The molecule has 2 rings (SSSR count). The fraction of sp³-hybridized carbons (Fsp3) is 0.429. The zero-order valence-electron chi connectivity index (χ0n) is 22.9. The maximum absolute atomic E-state index is 13.7. The number of carbonyl (C=O) groups excluding carboxylic acids is 4. The number of nitrogens with one attached hydrogen (secondary N) is 2. The molecule has 9 nitrogen and oxygen atoms in total. The maximum atomic E-state index is 13.7. The average molecular weight is 511 g/mol. The zero-order chi connectivity index (χ0) is 28.1. The van der Waals surface area contributed by atoms with Crippen molar-refractivity contribution in [1.29, 1.82) is 0 Å². The fourth-order valence-electron chi connectivity index (χ4n) is 3.91. The summed E-state index contributed by atoms with van der Waals surface area (Å²) in [7, 11) is 1.46. The number of benzene rings is 2. The Balaban J connectivity index is 2.47. The molecule has 9 heteroatoms. The van der Waals surface area contributed by atoms with E-state index in [-0.39, 0.29) is 0 Å². The minimum Gasteiger partial charge on any atom is -0.444 e. The van der Waals surface area contributed by atoms with Gasteiger partial charge in [-0.1, -0.05) is 36.4 Å². The van der Waals surface area contributed by atoms with Crippen molar-refractivity contribution in [2.24, 2.45) is 5.73 Å². The highest BCUT2D eigenvalue weighted by Gasteiger charge is 2.35. The van der Waals surface area contributed by atoms with Crippen molar-refractivity contribution >= 4 is 29.5 Å². The zero-order valence-corrected chi connectivity index (χ0v) is 22.9. The molecule has 0 aliphatic carbocycles. The van der Waals surface area contributed by atoms with Crippen LogP contribution in [0.25, 0.3) is 0 Å². The number of hydrogen-bond donors (Lipinski definition) is 3. The number of hydrogen-bond acceptors (Lipinski definition) is 5. The summed E-state index contributed by atoms with van der Waals surface area (Å²) in [4.78, 5) is 52.7. The molecule has 0 heterocycles. The molecular formula is C28H38N4O5. The van der Waals surface area contributed by atoms with Crippen molar-refractivity contribution in [3.05, 3.63) is 64.2 Å². The quantitative estimate of drug-likeness (QED) is 0.497. The van der Waals surface area contributed by atoms with Gasteiger partial charge >= 0.3 is 6.09 Å². The van der Waals surface area contributed by atoms with Crippen LogP contribution in [-0.4, -0.2) is 47.4 Å². The second-order valence-corrected chi connectivity index (χ2v) is 10.3. The Morgan fingerprint density at radius 3 is 2.05 bits per heavy atom. The summed E-state index contributed by atoms with van der Waals surface area (Å²) >= 11 is 0. The van der Waals surface area contributed by atoms with Gasteiger partial charge in [0.05, 0.1) is 6.42 Å². The minimum atomic E-state index is -1.32. The number of alkyl carbamates (subject to hydrolysis) is 1. The Kier molecular flexibility index (Phi) is 9.44. The van der Waals surface area contributed by atoms with Gasteiger partial charge in [0.25, 0.3) is 5.91 Å². The molecule has 0 fully saturated rings. The number of nitrogens with zero attached hydrogens (tertiary/aromatic N) is 1. The predicted molar refractivity (Wildman–Crippen MR) is 143 cm³/mol. The highest BCUT2D eigenvalue weighted by atomic mass is 16.6. The second-order valence-electron chi connectivity index (χ2n) is 10.3. The van der Waals surface area contributed by atoms with Gasteiger partial charge in [0.2, 0.25) is 11.8 Å². The molecule has 2 aromatic carbocycles. The van der Waals surface area contributed by atoms with Crippen molar-refractivity contribution in [2.45, 2.75) is 72.6 Å². The summed E-state index contributed by atoms with van der Waals surface area (Å²) in [5.41, 5.74) is 9.52. The van der Waals surface area contributed by atoms with Gasteiger partial charge in [-0.15, -0.1) is 0 Å². The molecule has 2 atom stereocenters. The van der Waals surface area contributed by atoms with Crippen molar-refractivity contribution in [1.82, 2.24) is 10.2 Å². The number of nitrogens with two attached hydrogens (primary N) is 1. The molecular weight excluding hydrogens is 472 g/mol. The topological polar surface area (TPSA) is 131 Å². The monoisotopic (exact) mass is 510 g/mol. The lowest BCUT2D eigenvalue weighted by Crippen LogP contribution is -2.52.